The zero-order valence-electron chi connectivity index (χ0n) is 9.95. The maximum absolute atomic E-state index is 5.72. The molecule has 0 heterocycles. The molecule has 1 unspecified atom stereocenters. The van der Waals surface area contributed by atoms with Crippen molar-refractivity contribution in [2.75, 3.05) is 0 Å². The molecule has 0 aliphatic carbocycles. The smallest absolute Gasteiger partial charge is 0.0721 e. The summed E-state index contributed by atoms with van der Waals surface area (Å²) in [5.41, 5.74) is 6.36. The van der Waals surface area contributed by atoms with E-state index in [1.165, 1.54) is 5.56 Å². The SMILES string of the molecule is Cc1cccc(C(NN)c2cc(Br)ccc2Br)c1. The second-order valence-corrected chi connectivity index (χ2v) is 5.95. The Balaban J connectivity index is 2.48. The molecular weight excluding hydrogens is 356 g/mol. The van der Waals surface area contributed by atoms with Gasteiger partial charge in [-0.15, -0.1) is 0 Å². The molecule has 0 aromatic heterocycles. The van der Waals surface area contributed by atoms with Crippen molar-refractivity contribution in [1.82, 2.24) is 5.43 Å². The summed E-state index contributed by atoms with van der Waals surface area (Å²) in [5, 5.41) is 0. The van der Waals surface area contributed by atoms with Crippen molar-refractivity contribution in [2.45, 2.75) is 13.0 Å². The van der Waals surface area contributed by atoms with Crippen LogP contribution in [0.3, 0.4) is 0 Å². The number of nitrogens with one attached hydrogen (secondary N) is 1. The minimum absolute atomic E-state index is 0.0308. The highest BCUT2D eigenvalue weighted by Gasteiger charge is 2.15. The molecule has 0 aliphatic heterocycles. The van der Waals surface area contributed by atoms with Gasteiger partial charge in [0.05, 0.1) is 6.04 Å². The molecule has 3 N–H and O–H groups in total. The zero-order valence-corrected chi connectivity index (χ0v) is 13.1. The lowest BCUT2D eigenvalue weighted by atomic mass is 9.98. The van der Waals surface area contributed by atoms with Gasteiger partial charge in [-0.05, 0) is 36.2 Å². The Labute approximate surface area is 124 Å². The Morgan fingerprint density at radius 3 is 2.56 bits per heavy atom. The van der Waals surface area contributed by atoms with Crippen LogP contribution in [0.25, 0.3) is 0 Å². The van der Waals surface area contributed by atoms with Crippen LogP contribution in [0, 0.1) is 6.92 Å². The quantitative estimate of drug-likeness (QED) is 0.632. The first-order chi connectivity index (χ1) is 8.61. The van der Waals surface area contributed by atoms with Gasteiger partial charge in [0.25, 0.3) is 0 Å². The van der Waals surface area contributed by atoms with Crippen molar-refractivity contribution in [3.63, 3.8) is 0 Å². The van der Waals surface area contributed by atoms with E-state index in [1.54, 1.807) is 0 Å². The third-order valence-corrected chi connectivity index (χ3v) is 4.03. The van der Waals surface area contributed by atoms with E-state index in [9.17, 15) is 0 Å². The number of hydrazine groups is 1. The van der Waals surface area contributed by atoms with Gasteiger partial charge >= 0.3 is 0 Å². The van der Waals surface area contributed by atoms with Crippen molar-refractivity contribution < 1.29 is 0 Å². The molecule has 2 nitrogen and oxygen atoms in total. The zero-order chi connectivity index (χ0) is 13.1. The molecule has 18 heavy (non-hydrogen) atoms. The molecule has 0 bridgehead atoms. The lowest BCUT2D eigenvalue weighted by Gasteiger charge is -2.19. The average Bonchev–Trinajstić information content (AvgIpc) is 2.35. The summed E-state index contributed by atoms with van der Waals surface area (Å²) in [6.45, 7) is 2.08. The Morgan fingerprint density at radius 2 is 1.89 bits per heavy atom. The lowest BCUT2D eigenvalue weighted by Crippen LogP contribution is -2.29. The highest BCUT2D eigenvalue weighted by molar-refractivity contribution is 9.11. The highest BCUT2D eigenvalue weighted by atomic mass is 79.9. The van der Waals surface area contributed by atoms with Crippen LogP contribution in [0.15, 0.2) is 51.4 Å². The summed E-state index contributed by atoms with van der Waals surface area (Å²) in [6.07, 6.45) is 0. The van der Waals surface area contributed by atoms with E-state index >= 15 is 0 Å². The van der Waals surface area contributed by atoms with E-state index in [4.69, 9.17) is 5.84 Å². The first-order valence-corrected chi connectivity index (χ1v) is 7.18. The Morgan fingerprint density at radius 1 is 1.11 bits per heavy atom. The van der Waals surface area contributed by atoms with Gasteiger partial charge in [-0.25, -0.2) is 5.43 Å². The van der Waals surface area contributed by atoms with E-state index in [-0.39, 0.29) is 6.04 Å². The minimum Gasteiger partial charge on any atom is -0.271 e. The standard InChI is InChI=1S/C14H14Br2N2/c1-9-3-2-4-10(7-9)14(18-17)12-8-11(15)5-6-13(12)16/h2-8,14,18H,17H2,1H3. The van der Waals surface area contributed by atoms with Crippen molar-refractivity contribution in [2.24, 2.45) is 5.84 Å². The Bertz CT molecular complexity index is 555. The summed E-state index contributed by atoms with van der Waals surface area (Å²) < 4.78 is 2.07. The summed E-state index contributed by atoms with van der Waals surface area (Å²) in [5.74, 6) is 5.72. The predicted octanol–water partition coefficient (Wildman–Crippen LogP) is 4.07. The molecule has 0 saturated carbocycles. The van der Waals surface area contributed by atoms with E-state index in [2.05, 4.69) is 68.5 Å². The van der Waals surface area contributed by atoms with Gasteiger partial charge in [-0.2, -0.15) is 0 Å². The third-order valence-electron chi connectivity index (χ3n) is 2.81. The number of hydrogen-bond acceptors (Lipinski definition) is 2. The Kier molecular flexibility index (Phi) is 4.56. The van der Waals surface area contributed by atoms with Crippen molar-refractivity contribution in [3.05, 3.63) is 68.1 Å². The summed E-state index contributed by atoms with van der Waals surface area (Å²) in [6, 6.07) is 14.4. The molecule has 0 aliphatic rings. The largest absolute Gasteiger partial charge is 0.271 e. The van der Waals surface area contributed by atoms with Crippen molar-refractivity contribution in [1.29, 1.82) is 0 Å². The topological polar surface area (TPSA) is 38.0 Å². The van der Waals surface area contributed by atoms with Crippen LogP contribution >= 0.6 is 31.9 Å². The fraction of sp³-hybridized carbons (Fsp3) is 0.143. The van der Waals surface area contributed by atoms with Crippen LogP contribution in [0.5, 0.6) is 0 Å². The van der Waals surface area contributed by atoms with Crippen LogP contribution in [0.2, 0.25) is 0 Å². The third kappa shape index (κ3) is 3.01. The maximum Gasteiger partial charge on any atom is 0.0721 e. The Hall–Kier alpha value is -0.680. The van der Waals surface area contributed by atoms with Crippen LogP contribution in [0.1, 0.15) is 22.7 Å². The van der Waals surface area contributed by atoms with Gasteiger partial charge in [0.1, 0.15) is 0 Å². The van der Waals surface area contributed by atoms with Crippen molar-refractivity contribution >= 4 is 31.9 Å². The molecule has 2 aromatic carbocycles. The molecule has 2 rings (SSSR count). The molecule has 0 spiro atoms. The minimum atomic E-state index is -0.0308. The lowest BCUT2D eigenvalue weighted by molar-refractivity contribution is 0.634. The van der Waals surface area contributed by atoms with E-state index in [1.807, 2.05) is 18.2 Å². The van der Waals surface area contributed by atoms with Crippen LogP contribution in [-0.2, 0) is 0 Å². The number of halogens is 2. The van der Waals surface area contributed by atoms with Gasteiger partial charge in [0, 0.05) is 8.95 Å². The molecule has 2 aromatic rings. The molecule has 0 amide bonds. The number of hydrogen-bond donors (Lipinski definition) is 2. The molecule has 94 valence electrons. The van der Waals surface area contributed by atoms with Gasteiger partial charge in [0.2, 0.25) is 0 Å². The number of rotatable bonds is 3. The normalized spacial score (nSPS) is 12.4. The van der Waals surface area contributed by atoms with Crippen LogP contribution < -0.4 is 11.3 Å². The number of aryl methyl sites for hydroxylation is 1. The van der Waals surface area contributed by atoms with Gasteiger partial charge in [-0.1, -0.05) is 61.7 Å². The first kappa shape index (κ1) is 13.7. The molecular formula is C14H14Br2N2. The summed E-state index contributed by atoms with van der Waals surface area (Å²) in [7, 11) is 0. The van der Waals surface area contributed by atoms with Gasteiger partial charge in [0.15, 0.2) is 0 Å². The number of benzene rings is 2. The molecule has 4 heteroatoms. The van der Waals surface area contributed by atoms with Crippen molar-refractivity contribution in [3.8, 4) is 0 Å². The predicted molar refractivity (Wildman–Crippen MR) is 82.2 cm³/mol. The summed E-state index contributed by atoms with van der Waals surface area (Å²) >= 11 is 7.06. The summed E-state index contributed by atoms with van der Waals surface area (Å²) in [4.78, 5) is 0. The van der Waals surface area contributed by atoms with E-state index in [0.29, 0.717) is 0 Å². The highest BCUT2D eigenvalue weighted by Crippen LogP contribution is 2.30. The van der Waals surface area contributed by atoms with Gasteiger partial charge in [-0.3, -0.25) is 5.84 Å². The number of nitrogens with two attached hydrogens (primary N) is 1. The van der Waals surface area contributed by atoms with Crippen LogP contribution in [-0.4, -0.2) is 0 Å². The van der Waals surface area contributed by atoms with E-state index in [0.717, 1.165) is 20.1 Å². The second kappa shape index (κ2) is 5.97. The molecule has 0 fully saturated rings. The average molecular weight is 370 g/mol. The first-order valence-electron chi connectivity index (χ1n) is 5.59. The maximum atomic E-state index is 5.72. The molecule has 1 atom stereocenters. The molecule has 0 radical (unpaired) electrons. The monoisotopic (exact) mass is 368 g/mol. The van der Waals surface area contributed by atoms with Gasteiger partial charge < -0.3 is 0 Å². The fourth-order valence-electron chi connectivity index (χ4n) is 1.95. The van der Waals surface area contributed by atoms with Crippen LogP contribution in [0.4, 0.5) is 0 Å². The van der Waals surface area contributed by atoms with E-state index < -0.39 is 0 Å². The fourth-order valence-corrected chi connectivity index (χ4v) is 2.81. The molecule has 0 saturated heterocycles. The second-order valence-electron chi connectivity index (χ2n) is 4.18.